The highest BCUT2D eigenvalue weighted by atomic mass is 16.1. The molecule has 3 nitrogen and oxygen atoms in total. The van der Waals surface area contributed by atoms with E-state index < -0.39 is 0 Å². The molecule has 24 heavy (non-hydrogen) atoms. The SMILES string of the molecule is Cn1cc(C(=O)/C=C2\C(=O)[C@@]3(C)CC[C@@H]2C3(C)C)c2ccccc21. The molecule has 0 saturated heterocycles. The predicted octanol–water partition coefficient (Wildman–Crippen LogP) is 4.31. The summed E-state index contributed by atoms with van der Waals surface area (Å²) < 4.78 is 1.97. The summed E-state index contributed by atoms with van der Waals surface area (Å²) in [5.74, 6) is 0.327. The Hall–Kier alpha value is -2.16. The van der Waals surface area contributed by atoms with Crippen LogP contribution in [-0.4, -0.2) is 16.1 Å². The van der Waals surface area contributed by atoms with E-state index in [1.54, 1.807) is 6.08 Å². The zero-order valence-corrected chi connectivity index (χ0v) is 14.7. The number of Topliss-reactive ketones (excluding diaryl/α,β-unsaturated/α-hetero) is 1. The smallest absolute Gasteiger partial charge is 0.188 e. The molecule has 3 heteroatoms. The number of fused-ring (bicyclic) bond motifs is 3. The van der Waals surface area contributed by atoms with E-state index in [2.05, 4.69) is 20.8 Å². The minimum absolute atomic E-state index is 0.0536. The van der Waals surface area contributed by atoms with Gasteiger partial charge in [-0.05, 0) is 36.3 Å². The van der Waals surface area contributed by atoms with Crippen LogP contribution in [0.2, 0.25) is 0 Å². The number of benzene rings is 1. The van der Waals surface area contributed by atoms with Crippen LogP contribution in [0.4, 0.5) is 0 Å². The average Bonchev–Trinajstić information content (AvgIpc) is 3.05. The molecule has 0 unspecified atom stereocenters. The highest BCUT2D eigenvalue weighted by Crippen LogP contribution is 2.65. The van der Waals surface area contributed by atoms with E-state index >= 15 is 0 Å². The van der Waals surface area contributed by atoms with E-state index in [9.17, 15) is 9.59 Å². The first-order valence-corrected chi connectivity index (χ1v) is 8.62. The molecule has 0 aliphatic heterocycles. The molecule has 0 radical (unpaired) electrons. The number of hydrogen-bond donors (Lipinski definition) is 0. The van der Waals surface area contributed by atoms with Gasteiger partial charge in [-0.2, -0.15) is 0 Å². The Bertz CT molecular complexity index is 915. The van der Waals surface area contributed by atoms with Crippen LogP contribution in [-0.2, 0) is 11.8 Å². The van der Waals surface area contributed by atoms with Gasteiger partial charge in [0.1, 0.15) is 0 Å². The standard InChI is InChI=1S/C21H23NO2/c1-20(2)16-9-10-21(20,3)19(24)14(16)11-18(23)15-12-22(4)17-8-6-5-7-13(15)17/h5-8,11-12,16H,9-10H2,1-4H3/b14-11-/t16-,21+/m0/s1. The molecular weight excluding hydrogens is 298 g/mol. The summed E-state index contributed by atoms with van der Waals surface area (Å²) in [4.78, 5) is 25.8. The van der Waals surface area contributed by atoms with Crippen molar-refractivity contribution in [1.29, 1.82) is 0 Å². The van der Waals surface area contributed by atoms with Crippen molar-refractivity contribution in [3.8, 4) is 0 Å². The minimum Gasteiger partial charge on any atom is -0.350 e. The highest BCUT2D eigenvalue weighted by molar-refractivity contribution is 6.17. The van der Waals surface area contributed by atoms with Crippen molar-refractivity contribution < 1.29 is 9.59 Å². The van der Waals surface area contributed by atoms with E-state index in [0.29, 0.717) is 5.56 Å². The molecule has 2 aliphatic rings. The van der Waals surface area contributed by atoms with E-state index in [4.69, 9.17) is 0 Å². The second kappa shape index (κ2) is 4.69. The number of carbonyl (C=O) groups is 2. The summed E-state index contributed by atoms with van der Waals surface area (Å²) in [5, 5.41) is 0.947. The van der Waals surface area contributed by atoms with Crippen LogP contribution in [0.3, 0.4) is 0 Å². The topological polar surface area (TPSA) is 39.1 Å². The number of nitrogens with zero attached hydrogens (tertiary/aromatic N) is 1. The van der Waals surface area contributed by atoms with Gasteiger partial charge in [-0.1, -0.05) is 39.0 Å². The number of carbonyl (C=O) groups excluding carboxylic acids is 2. The molecule has 2 aromatic rings. The number of rotatable bonds is 2. The fourth-order valence-corrected chi connectivity index (χ4v) is 4.85. The summed E-state index contributed by atoms with van der Waals surface area (Å²) in [5.41, 5.74) is 2.08. The Labute approximate surface area is 142 Å². The van der Waals surface area contributed by atoms with E-state index in [0.717, 1.165) is 29.3 Å². The first-order valence-electron chi connectivity index (χ1n) is 8.62. The molecule has 1 aromatic carbocycles. The minimum atomic E-state index is -0.317. The molecule has 124 valence electrons. The zero-order valence-electron chi connectivity index (χ0n) is 14.7. The third-order valence-corrected chi connectivity index (χ3v) is 6.81. The van der Waals surface area contributed by atoms with Crippen molar-refractivity contribution in [3.63, 3.8) is 0 Å². The average molecular weight is 321 g/mol. The van der Waals surface area contributed by atoms with Crippen molar-refractivity contribution in [3.05, 3.63) is 47.7 Å². The Kier molecular flexibility index (Phi) is 3.00. The second-order valence-electron chi connectivity index (χ2n) is 8.11. The lowest BCUT2D eigenvalue weighted by Crippen LogP contribution is -2.32. The summed E-state index contributed by atoms with van der Waals surface area (Å²) in [6.07, 6.45) is 5.43. The number of aryl methyl sites for hydroxylation is 1. The van der Waals surface area contributed by atoms with Gasteiger partial charge in [-0.15, -0.1) is 0 Å². The first-order chi connectivity index (χ1) is 11.3. The second-order valence-corrected chi connectivity index (χ2v) is 8.11. The molecule has 0 N–H and O–H groups in total. The monoisotopic (exact) mass is 321 g/mol. The molecule has 1 heterocycles. The van der Waals surface area contributed by atoms with Crippen molar-refractivity contribution in [1.82, 2.24) is 4.57 Å². The quantitative estimate of drug-likeness (QED) is 0.610. The molecule has 2 atom stereocenters. The Morgan fingerprint density at radius 2 is 1.96 bits per heavy atom. The molecule has 0 spiro atoms. The third-order valence-electron chi connectivity index (χ3n) is 6.81. The predicted molar refractivity (Wildman–Crippen MR) is 95.0 cm³/mol. The van der Waals surface area contributed by atoms with Crippen molar-refractivity contribution in [2.75, 3.05) is 0 Å². The summed E-state index contributed by atoms with van der Waals surface area (Å²) in [7, 11) is 1.94. The molecule has 2 fully saturated rings. The normalized spacial score (nSPS) is 29.8. The molecule has 4 rings (SSSR count). The molecule has 2 saturated carbocycles. The first kappa shape index (κ1) is 15.4. The van der Waals surface area contributed by atoms with Crippen LogP contribution in [0.15, 0.2) is 42.1 Å². The Morgan fingerprint density at radius 3 is 2.62 bits per heavy atom. The molecule has 1 aromatic heterocycles. The molecule has 0 amide bonds. The van der Waals surface area contributed by atoms with Crippen LogP contribution in [0.5, 0.6) is 0 Å². The third kappa shape index (κ3) is 1.73. The Morgan fingerprint density at radius 1 is 1.25 bits per heavy atom. The van der Waals surface area contributed by atoms with Gasteiger partial charge >= 0.3 is 0 Å². The van der Waals surface area contributed by atoms with E-state index in [1.807, 2.05) is 42.1 Å². The lowest BCUT2D eigenvalue weighted by molar-refractivity contribution is -0.125. The fraction of sp³-hybridized carbons (Fsp3) is 0.429. The number of hydrogen-bond acceptors (Lipinski definition) is 2. The van der Waals surface area contributed by atoms with Gasteiger partial charge in [-0.3, -0.25) is 9.59 Å². The molecule has 2 bridgehead atoms. The van der Waals surface area contributed by atoms with Gasteiger partial charge < -0.3 is 4.57 Å². The molecule has 2 aliphatic carbocycles. The fourth-order valence-electron chi connectivity index (χ4n) is 4.85. The van der Waals surface area contributed by atoms with Crippen LogP contribution in [0, 0.1) is 16.7 Å². The van der Waals surface area contributed by atoms with Crippen LogP contribution in [0.1, 0.15) is 44.0 Å². The summed E-state index contributed by atoms with van der Waals surface area (Å²) in [6, 6.07) is 7.89. The van der Waals surface area contributed by atoms with Gasteiger partial charge in [0, 0.05) is 40.7 Å². The van der Waals surface area contributed by atoms with Gasteiger partial charge in [0.05, 0.1) is 0 Å². The van der Waals surface area contributed by atoms with Crippen molar-refractivity contribution in [2.24, 2.45) is 23.8 Å². The lowest BCUT2D eigenvalue weighted by Gasteiger charge is -2.31. The van der Waals surface area contributed by atoms with E-state index in [1.165, 1.54) is 0 Å². The molecular formula is C21H23NO2. The number of allylic oxidation sites excluding steroid dienone is 2. The highest BCUT2D eigenvalue weighted by Gasteiger charge is 2.64. The number of aromatic nitrogens is 1. The summed E-state index contributed by atoms with van der Waals surface area (Å²) in [6.45, 7) is 6.41. The van der Waals surface area contributed by atoms with Crippen molar-refractivity contribution >= 4 is 22.5 Å². The largest absolute Gasteiger partial charge is 0.350 e. The van der Waals surface area contributed by atoms with Gasteiger partial charge in [0.25, 0.3) is 0 Å². The van der Waals surface area contributed by atoms with Crippen LogP contribution < -0.4 is 0 Å². The number of para-hydroxylation sites is 1. The van der Waals surface area contributed by atoms with Gasteiger partial charge in [0.15, 0.2) is 11.6 Å². The maximum atomic E-state index is 12.9. The van der Waals surface area contributed by atoms with Crippen LogP contribution in [0.25, 0.3) is 10.9 Å². The lowest BCUT2D eigenvalue weighted by atomic mass is 9.70. The Balaban J connectivity index is 1.79. The maximum Gasteiger partial charge on any atom is 0.188 e. The maximum absolute atomic E-state index is 12.9. The zero-order chi connectivity index (χ0) is 17.3. The van der Waals surface area contributed by atoms with Gasteiger partial charge in [-0.25, -0.2) is 0 Å². The van der Waals surface area contributed by atoms with Crippen molar-refractivity contribution in [2.45, 2.75) is 33.6 Å². The van der Waals surface area contributed by atoms with E-state index in [-0.39, 0.29) is 28.3 Å². The van der Waals surface area contributed by atoms with Crippen LogP contribution >= 0.6 is 0 Å². The summed E-state index contributed by atoms with van der Waals surface area (Å²) >= 11 is 0. The van der Waals surface area contributed by atoms with Gasteiger partial charge in [0.2, 0.25) is 0 Å². The number of ketones is 2.